The van der Waals surface area contributed by atoms with Gasteiger partial charge in [0.05, 0.1) is 12.2 Å². The van der Waals surface area contributed by atoms with Gasteiger partial charge in [-0.15, -0.1) is 0 Å². The molecular formula is C12H12O3. The minimum atomic E-state index is -0.283. The lowest BCUT2D eigenvalue weighted by molar-refractivity contribution is -0.124. The molecule has 2 unspecified atom stereocenters. The Kier molecular flexibility index (Phi) is 2.08. The highest BCUT2D eigenvalue weighted by Crippen LogP contribution is 2.37. The van der Waals surface area contributed by atoms with Crippen molar-refractivity contribution in [3.8, 4) is 0 Å². The van der Waals surface area contributed by atoms with Gasteiger partial charge in [-0.3, -0.25) is 4.79 Å². The standard InChI is InChI=1S/C12H12O3/c13-9-6-10-11(7-9)15-12(14-10)8-4-2-1-3-5-8/h1-5,10-12H,6-7H2. The van der Waals surface area contributed by atoms with Crippen LogP contribution in [0, 0.1) is 0 Å². The molecule has 2 aliphatic rings. The number of fused-ring (bicyclic) bond motifs is 1. The monoisotopic (exact) mass is 204 g/mol. The van der Waals surface area contributed by atoms with Crippen LogP contribution < -0.4 is 0 Å². The van der Waals surface area contributed by atoms with Crippen molar-refractivity contribution >= 4 is 5.78 Å². The van der Waals surface area contributed by atoms with E-state index in [4.69, 9.17) is 9.47 Å². The molecule has 3 rings (SSSR count). The van der Waals surface area contributed by atoms with Gasteiger partial charge in [0.1, 0.15) is 5.78 Å². The Balaban J connectivity index is 1.76. The molecule has 1 saturated carbocycles. The van der Waals surface area contributed by atoms with Crippen LogP contribution >= 0.6 is 0 Å². The first kappa shape index (κ1) is 9.07. The van der Waals surface area contributed by atoms with E-state index in [9.17, 15) is 4.79 Å². The molecule has 1 heterocycles. The summed E-state index contributed by atoms with van der Waals surface area (Å²) in [6.45, 7) is 0. The van der Waals surface area contributed by atoms with Gasteiger partial charge in [-0.2, -0.15) is 0 Å². The van der Waals surface area contributed by atoms with E-state index in [2.05, 4.69) is 0 Å². The van der Waals surface area contributed by atoms with Gasteiger partial charge in [0, 0.05) is 18.4 Å². The molecule has 0 radical (unpaired) electrons. The summed E-state index contributed by atoms with van der Waals surface area (Å²) >= 11 is 0. The normalized spacial score (nSPS) is 34.4. The average molecular weight is 204 g/mol. The molecule has 1 aromatic carbocycles. The fraction of sp³-hybridized carbons (Fsp3) is 0.417. The van der Waals surface area contributed by atoms with E-state index in [1.807, 2.05) is 30.3 Å². The zero-order chi connectivity index (χ0) is 10.3. The third-order valence-corrected chi connectivity index (χ3v) is 2.94. The van der Waals surface area contributed by atoms with Gasteiger partial charge in [-0.25, -0.2) is 0 Å². The third kappa shape index (κ3) is 1.58. The van der Waals surface area contributed by atoms with Crippen molar-refractivity contribution in [2.75, 3.05) is 0 Å². The van der Waals surface area contributed by atoms with Crippen molar-refractivity contribution in [2.24, 2.45) is 0 Å². The number of Topliss-reactive ketones (excluding diaryl/α,β-unsaturated/α-hetero) is 1. The average Bonchev–Trinajstić information content (AvgIpc) is 2.76. The number of rotatable bonds is 1. The first-order valence-electron chi connectivity index (χ1n) is 5.20. The minimum Gasteiger partial charge on any atom is -0.342 e. The van der Waals surface area contributed by atoms with Gasteiger partial charge in [-0.1, -0.05) is 30.3 Å². The highest BCUT2D eigenvalue weighted by atomic mass is 16.7. The third-order valence-electron chi connectivity index (χ3n) is 2.94. The van der Waals surface area contributed by atoms with Crippen LogP contribution in [0.3, 0.4) is 0 Å². The maximum atomic E-state index is 11.1. The second kappa shape index (κ2) is 3.43. The number of hydrogen-bond donors (Lipinski definition) is 0. The lowest BCUT2D eigenvalue weighted by Gasteiger charge is -2.11. The molecule has 15 heavy (non-hydrogen) atoms. The van der Waals surface area contributed by atoms with Crippen LogP contribution in [-0.2, 0) is 14.3 Å². The van der Waals surface area contributed by atoms with Crippen LogP contribution in [0.5, 0.6) is 0 Å². The molecule has 1 aliphatic carbocycles. The molecule has 78 valence electrons. The number of carbonyl (C=O) groups excluding carboxylic acids is 1. The summed E-state index contributed by atoms with van der Waals surface area (Å²) in [5, 5.41) is 0. The number of ketones is 1. The number of carbonyl (C=O) groups is 1. The first-order chi connectivity index (χ1) is 7.33. The molecule has 0 N–H and O–H groups in total. The topological polar surface area (TPSA) is 35.5 Å². The summed E-state index contributed by atoms with van der Waals surface area (Å²) in [5.74, 6) is 0.247. The predicted octanol–water partition coefficient (Wildman–Crippen LogP) is 1.83. The first-order valence-corrected chi connectivity index (χ1v) is 5.20. The summed E-state index contributed by atoms with van der Waals surface area (Å²) in [5.41, 5.74) is 1.03. The number of ether oxygens (including phenoxy) is 2. The van der Waals surface area contributed by atoms with E-state index in [1.165, 1.54) is 0 Å². The van der Waals surface area contributed by atoms with Crippen LogP contribution in [0.15, 0.2) is 30.3 Å². The number of hydrogen-bond acceptors (Lipinski definition) is 3. The molecule has 0 spiro atoms. The van der Waals surface area contributed by atoms with Gasteiger partial charge in [-0.05, 0) is 0 Å². The van der Waals surface area contributed by atoms with Gasteiger partial charge >= 0.3 is 0 Å². The second-order valence-corrected chi connectivity index (χ2v) is 4.04. The lowest BCUT2D eigenvalue weighted by Crippen LogP contribution is -2.13. The van der Waals surface area contributed by atoms with Crippen LogP contribution in [0.4, 0.5) is 0 Å². The largest absolute Gasteiger partial charge is 0.342 e. The zero-order valence-corrected chi connectivity index (χ0v) is 8.26. The predicted molar refractivity (Wildman–Crippen MR) is 53.2 cm³/mol. The maximum absolute atomic E-state index is 11.1. The smallest absolute Gasteiger partial charge is 0.184 e. The molecule has 1 saturated heterocycles. The fourth-order valence-electron chi connectivity index (χ4n) is 2.18. The van der Waals surface area contributed by atoms with Crippen LogP contribution in [0.25, 0.3) is 0 Å². The molecule has 3 nitrogen and oxygen atoms in total. The van der Waals surface area contributed by atoms with E-state index in [0.717, 1.165) is 5.56 Å². The van der Waals surface area contributed by atoms with Crippen LogP contribution in [0.2, 0.25) is 0 Å². The van der Waals surface area contributed by atoms with E-state index in [-0.39, 0.29) is 24.3 Å². The SMILES string of the molecule is O=C1CC2OC(c3ccccc3)OC2C1. The van der Waals surface area contributed by atoms with Gasteiger partial charge in [0.15, 0.2) is 6.29 Å². The molecule has 2 fully saturated rings. The van der Waals surface area contributed by atoms with E-state index < -0.39 is 0 Å². The Hall–Kier alpha value is -1.19. The Morgan fingerprint density at radius 2 is 1.60 bits per heavy atom. The van der Waals surface area contributed by atoms with Crippen LogP contribution in [-0.4, -0.2) is 18.0 Å². The van der Waals surface area contributed by atoms with E-state index in [1.54, 1.807) is 0 Å². The number of benzene rings is 1. The van der Waals surface area contributed by atoms with Crippen molar-refractivity contribution in [3.05, 3.63) is 35.9 Å². The summed E-state index contributed by atoms with van der Waals surface area (Å²) in [4.78, 5) is 11.1. The summed E-state index contributed by atoms with van der Waals surface area (Å²) < 4.78 is 11.4. The van der Waals surface area contributed by atoms with Gasteiger partial charge in [0.25, 0.3) is 0 Å². The Labute approximate surface area is 88.0 Å². The Morgan fingerprint density at radius 1 is 1.00 bits per heavy atom. The van der Waals surface area contributed by atoms with Crippen molar-refractivity contribution in [3.63, 3.8) is 0 Å². The molecule has 0 amide bonds. The fourth-order valence-corrected chi connectivity index (χ4v) is 2.18. The molecule has 1 aromatic rings. The molecule has 3 heteroatoms. The zero-order valence-electron chi connectivity index (χ0n) is 8.26. The minimum absolute atomic E-state index is 0.0253. The molecular weight excluding hydrogens is 192 g/mol. The molecule has 0 aromatic heterocycles. The highest BCUT2D eigenvalue weighted by molar-refractivity contribution is 5.82. The van der Waals surface area contributed by atoms with Crippen LogP contribution in [0.1, 0.15) is 24.7 Å². The quantitative estimate of drug-likeness (QED) is 0.700. The highest BCUT2D eigenvalue weighted by Gasteiger charge is 2.43. The van der Waals surface area contributed by atoms with Crippen molar-refractivity contribution in [1.82, 2.24) is 0 Å². The van der Waals surface area contributed by atoms with Gasteiger partial charge < -0.3 is 9.47 Å². The van der Waals surface area contributed by atoms with E-state index >= 15 is 0 Å². The molecule has 1 aliphatic heterocycles. The Bertz CT molecular complexity index is 358. The van der Waals surface area contributed by atoms with E-state index in [0.29, 0.717) is 12.8 Å². The summed E-state index contributed by atoms with van der Waals surface area (Å²) in [6.07, 6.45) is 0.682. The molecule has 0 bridgehead atoms. The summed E-state index contributed by atoms with van der Waals surface area (Å²) in [6, 6.07) is 9.84. The van der Waals surface area contributed by atoms with Crippen molar-refractivity contribution in [1.29, 1.82) is 0 Å². The van der Waals surface area contributed by atoms with Crippen molar-refractivity contribution in [2.45, 2.75) is 31.3 Å². The lowest BCUT2D eigenvalue weighted by atomic mass is 10.2. The molecule has 2 atom stereocenters. The van der Waals surface area contributed by atoms with Crippen molar-refractivity contribution < 1.29 is 14.3 Å². The maximum Gasteiger partial charge on any atom is 0.184 e. The second-order valence-electron chi connectivity index (χ2n) is 4.04. The summed E-state index contributed by atoms with van der Waals surface area (Å²) in [7, 11) is 0. The van der Waals surface area contributed by atoms with Gasteiger partial charge in [0.2, 0.25) is 0 Å². The Morgan fingerprint density at radius 3 is 2.20 bits per heavy atom.